The Balaban J connectivity index is 1.82. The zero-order chi connectivity index (χ0) is 14.4. The summed E-state index contributed by atoms with van der Waals surface area (Å²) < 4.78 is 0. The Morgan fingerprint density at radius 2 is 1.75 bits per heavy atom. The first-order valence-electron chi connectivity index (χ1n) is 7.45. The molecule has 0 aromatic heterocycles. The second-order valence-electron chi connectivity index (χ2n) is 6.63. The summed E-state index contributed by atoms with van der Waals surface area (Å²) in [5, 5.41) is 5.45. The topological polar surface area (TPSA) is 0 Å². The Kier molecular flexibility index (Phi) is 5.38. The first kappa shape index (κ1) is 15.3. The van der Waals surface area contributed by atoms with Crippen molar-refractivity contribution in [3.63, 3.8) is 0 Å². The number of rotatable bonds is 1. The second kappa shape index (κ2) is 7.04. The molecule has 0 saturated heterocycles. The van der Waals surface area contributed by atoms with Crippen molar-refractivity contribution in [1.82, 2.24) is 0 Å². The van der Waals surface area contributed by atoms with E-state index in [-0.39, 0.29) is 0 Å². The maximum atomic E-state index is 3.19. The van der Waals surface area contributed by atoms with Gasteiger partial charge in [-0.15, -0.1) is 0 Å². The number of hydrogen-bond acceptors (Lipinski definition) is 1. The van der Waals surface area contributed by atoms with Crippen molar-refractivity contribution in [1.29, 1.82) is 0 Å². The summed E-state index contributed by atoms with van der Waals surface area (Å²) >= 11 is 1.64. The molecule has 1 heteroatoms. The monoisotopic (exact) mass is 284 g/mol. The van der Waals surface area contributed by atoms with Crippen molar-refractivity contribution in [2.24, 2.45) is 11.3 Å². The lowest BCUT2D eigenvalue weighted by Gasteiger charge is -2.34. The summed E-state index contributed by atoms with van der Waals surface area (Å²) in [4.78, 5) is 0. The van der Waals surface area contributed by atoms with Crippen LogP contribution in [0.4, 0.5) is 0 Å². The third-order valence-electron chi connectivity index (χ3n) is 4.11. The normalized spacial score (nSPS) is 19.1. The van der Waals surface area contributed by atoms with Crippen LogP contribution in [0.15, 0.2) is 41.3 Å². The average Bonchev–Trinajstić information content (AvgIpc) is 2.44. The van der Waals surface area contributed by atoms with Crippen molar-refractivity contribution in [2.45, 2.75) is 46.5 Å². The van der Waals surface area contributed by atoms with Crippen LogP contribution in [0.25, 0.3) is 0 Å². The molecule has 0 amide bonds. The minimum atomic E-state index is 0.464. The van der Waals surface area contributed by atoms with Gasteiger partial charge >= 0.3 is 0 Å². The standard InChI is InChI=1S/C19H24S/c1-19(2,3)18-11-9-17(10-12-18)15-20-14-13-16-7-5-4-6-8-16/h4-8,15,18H,9-12H2,1-3H3. The third kappa shape index (κ3) is 4.76. The van der Waals surface area contributed by atoms with Gasteiger partial charge in [0, 0.05) is 5.56 Å². The van der Waals surface area contributed by atoms with Crippen LogP contribution in [0, 0.1) is 22.5 Å². The van der Waals surface area contributed by atoms with E-state index < -0.39 is 0 Å². The predicted octanol–water partition coefficient (Wildman–Crippen LogP) is 5.85. The lowest BCUT2D eigenvalue weighted by atomic mass is 9.71. The van der Waals surface area contributed by atoms with Crippen molar-refractivity contribution >= 4 is 11.8 Å². The number of allylic oxidation sites excluding steroid dienone is 1. The van der Waals surface area contributed by atoms with E-state index in [0.29, 0.717) is 5.41 Å². The third-order valence-corrected chi connectivity index (χ3v) is 4.78. The minimum Gasteiger partial charge on any atom is -0.0629 e. The molecule has 1 saturated carbocycles. The predicted molar refractivity (Wildman–Crippen MR) is 90.4 cm³/mol. The summed E-state index contributed by atoms with van der Waals surface area (Å²) in [6.45, 7) is 7.10. The van der Waals surface area contributed by atoms with Crippen LogP contribution in [0.5, 0.6) is 0 Å². The van der Waals surface area contributed by atoms with Crippen molar-refractivity contribution < 1.29 is 0 Å². The highest BCUT2D eigenvalue weighted by molar-refractivity contribution is 8.06. The number of benzene rings is 1. The van der Waals surface area contributed by atoms with E-state index in [2.05, 4.69) is 49.5 Å². The maximum Gasteiger partial charge on any atom is 0.0254 e. The molecule has 0 unspecified atom stereocenters. The van der Waals surface area contributed by atoms with Crippen LogP contribution in [0.3, 0.4) is 0 Å². The minimum absolute atomic E-state index is 0.464. The Morgan fingerprint density at radius 3 is 2.35 bits per heavy atom. The van der Waals surface area contributed by atoms with Gasteiger partial charge in [0.15, 0.2) is 0 Å². The zero-order valence-electron chi connectivity index (χ0n) is 12.8. The van der Waals surface area contributed by atoms with Crippen molar-refractivity contribution in [3.05, 3.63) is 46.9 Å². The number of thioether (sulfide) groups is 1. The van der Waals surface area contributed by atoms with E-state index in [1.54, 1.807) is 17.3 Å². The van der Waals surface area contributed by atoms with E-state index in [4.69, 9.17) is 0 Å². The SMILES string of the molecule is CC(C)(C)C1CCC(=CSC#Cc2ccccc2)CC1. The van der Waals surface area contributed by atoms with Crippen LogP contribution < -0.4 is 0 Å². The molecule has 0 radical (unpaired) electrons. The van der Waals surface area contributed by atoms with Gasteiger partial charge in [-0.1, -0.05) is 50.5 Å². The molecule has 1 aliphatic rings. The van der Waals surface area contributed by atoms with Crippen molar-refractivity contribution in [3.8, 4) is 11.2 Å². The van der Waals surface area contributed by atoms with E-state index >= 15 is 0 Å². The van der Waals surface area contributed by atoms with Crippen molar-refractivity contribution in [2.75, 3.05) is 0 Å². The Bertz CT molecular complexity index is 498. The second-order valence-corrected chi connectivity index (χ2v) is 7.30. The molecule has 0 aliphatic heterocycles. The smallest absolute Gasteiger partial charge is 0.0254 e. The maximum absolute atomic E-state index is 3.19. The molecule has 0 N–H and O–H groups in total. The first-order valence-corrected chi connectivity index (χ1v) is 8.33. The molecule has 106 valence electrons. The molecule has 1 aromatic rings. The quantitative estimate of drug-likeness (QED) is 0.583. The lowest BCUT2D eigenvalue weighted by molar-refractivity contribution is 0.197. The van der Waals surface area contributed by atoms with E-state index in [1.165, 1.54) is 25.7 Å². The average molecular weight is 284 g/mol. The summed E-state index contributed by atoms with van der Waals surface area (Å²) in [5.41, 5.74) is 3.14. The molecule has 1 aliphatic carbocycles. The van der Waals surface area contributed by atoms with Gasteiger partial charge in [0.25, 0.3) is 0 Å². The van der Waals surface area contributed by atoms with E-state index in [0.717, 1.165) is 11.5 Å². The van der Waals surface area contributed by atoms with Crippen LogP contribution in [0.2, 0.25) is 0 Å². The highest BCUT2D eigenvalue weighted by Gasteiger charge is 2.27. The summed E-state index contributed by atoms with van der Waals surface area (Å²) in [7, 11) is 0. The summed E-state index contributed by atoms with van der Waals surface area (Å²) in [6.07, 6.45) is 5.17. The van der Waals surface area contributed by atoms with Crippen LogP contribution >= 0.6 is 11.8 Å². The molecular formula is C19H24S. The molecule has 0 heterocycles. The Morgan fingerprint density at radius 1 is 1.10 bits per heavy atom. The lowest BCUT2D eigenvalue weighted by Crippen LogP contribution is -2.23. The van der Waals surface area contributed by atoms with E-state index in [1.807, 2.05) is 18.2 Å². The van der Waals surface area contributed by atoms with Crippen LogP contribution in [-0.2, 0) is 0 Å². The largest absolute Gasteiger partial charge is 0.0629 e. The molecule has 0 nitrogen and oxygen atoms in total. The molecular weight excluding hydrogens is 260 g/mol. The molecule has 1 fully saturated rings. The molecule has 20 heavy (non-hydrogen) atoms. The van der Waals surface area contributed by atoms with Crippen LogP contribution in [-0.4, -0.2) is 0 Å². The fraction of sp³-hybridized carbons (Fsp3) is 0.474. The molecule has 0 spiro atoms. The first-order chi connectivity index (χ1) is 9.55. The van der Waals surface area contributed by atoms with Gasteiger partial charge in [-0.05, 0) is 71.6 Å². The van der Waals surface area contributed by atoms with Crippen LogP contribution in [0.1, 0.15) is 52.0 Å². The van der Waals surface area contributed by atoms with Gasteiger partial charge < -0.3 is 0 Å². The summed E-state index contributed by atoms with van der Waals surface area (Å²) in [6, 6.07) is 10.2. The molecule has 0 atom stereocenters. The highest BCUT2D eigenvalue weighted by atomic mass is 32.2. The Labute approximate surface area is 128 Å². The zero-order valence-corrected chi connectivity index (χ0v) is 13.6. The van der Waals surface area contributed by atoms with Gasteiger partial charge in [0.2, 0.25) is 0 Å². The molecule has 1 aromatic carbocycles. The van der Waals surface area contributed by atoms with Gasteiger partial charge in [-0.25, -0.2) is 0 Å². The van der Waals surface area contributed by atoms with Gasteiger partial charge in [-0.2, -0.15) is 0 Å². The van der Waals surface area contributed by atoms with Gasteiger partial charge in [0.05, 0.1) is 0 Å². The van der Waals surface area contributed by atoms with Gasteiger partial charge in [-0.3, -0.25) is 0 Å². The Hall–Kier alpha value is -1.13. The number of hydrogen-bond donors (Lipinski definition) is 0. The fourth-order valence-corrected chi connectivity index (χ4v) is 3.33. The highest BCUT2D eigenvalue weighted by Crippen LogP contribution is 2.39. The van der Waals surface area contributed by atoms with Gasteiger partial charge in [0.1, 0.15) is 0 Å². The fourth-order valence-electron chi connectivity index (χ4n) is 2.70. The van der Waals surface area contributed by atoms with E-state index in [9.17, 15) is 0 Å². The molecule has 2 rings (SSSR count). The molecule has 0 bridgehead atoms. The summed E-state index contributed by atoms with van der Waals surface area (Å²) in [5.74, 6) is 4.06.